The lowest BCUT2D eigenvalue weighted by Crippen LogP contribution is -2.32. The van der Waals surface area contributed by atoms with Gasteiger partial charge >= 0.3 is 0 Å². The zero-order chi connectivity index (χ0) is 17.1. The molecule has 3 heterocycles. The van der Waals surface area contributed by atoms with Crippen molar-refractivity contribution in [3.8, 4) is 11.3 Å². The zero-order valence-corrected chi connectivity index (χ0v) is 14.3. The number of aromatic nitrogens is 2. The molecule has 0 bridgehead atoms. The molecule has 2 aliphatic rings. The fraction of sp³-hybridized carbons (Fsp3) is 0.474. The van der Waals surface area contributed by atoms with E-state index in [1.54, 1.807) is 0 Å². The smallest absolute Gasteiger partial charge is 0.224 e. The van der Waals surface area contributed by atoms with E-state index in [4.69, 9.17) is 4.74 Å². The second kappa shape index (κ2) is 7.37. The highest BCUT2D eigenvalue weighted by molar-refractivity contribution is 5.91. The predicted molar refractivity (Wildman–Crippen MR) is 96.2 cm³/mol. The van der Waals surface area contributed by atoms with Crippen LogP contribution in [0.4, 0.5) is 5.69 Å². The lowest BCUT2D eigenvalue weighted by molar-refractivity contribution is -0.117. The lowest BCUT2D eigenvalue weighted by Gasteiger charge is -2.22. The van der Waals surface area contributed by atoms with Crippen molar-refractivity contribution < 1.29 is 9.53 Å². The second-order valence-electron chi connectivity index (χ2n) is 6.87. The van der Waals surface area contributed by atoms with E-state index in [2.05, 4.69) is 20.8 Å². The molecule has 6 nitrogen and oxygen atoms in total. The van der Waals surface area contributed by atoms with E-state index in [1.165, 1.54) is 5.69 Å². The first-order valence-electron chi connectivity index (χ1n) is 9.04. The first-order chi connectivity index (χ1) is 12.3. The normalized spacial score (nSPS) is 20.1. The van der Waals surface area contributed by atoms with Crippen molar-refractivity contribution in [1.29, 1.82) is 0 Å². The Morgan fingerprint density at radius 2 is 2.20 bits per heavy atom. The van der Waals surface area contributed by atoms with Gasteiger partial charge < -0.3 is 15.4 Å². The molecule has 0 saturated carbocycles. The molecule has 2 aliphatic heterocycles. The summed E-state index contributed by atoms with van der Waals surface area (Å²) in [7, 11) is 0. The quantitative estimate of drug-likeness (QED) is 0.799. The SMILES string of the molecule is O=C(CC1CCCNC1)Nc1ccc(-c2n[nH]c3c2COCC3)cc1. The topological polar surface area (TPSA) is 79.0 Å². The van der Waals surface area contributed by atoms with Gasteiger partial charge in [0.05, 0.1) is 18.9 Å². The van der Waals surface area contributed by atoms with Gasteiger partial charge in [0.15, 0.2) is 0 Å². The van der Waals surface area contributed by atoms with Gasteiger partial charge in [-0.3, -0.25) is 9.89 Å². The summed E-state index contributed by atoms with van der Waals surface area (Å²) in [5, 5.41) is 13.9. The lowest BCUT2D eigenvalue weighted by atomic mass is 9.96. The van der Waals surface area contributed by atoms with Crippen LogP contribution in [0.15, 0.2) is 24.3 Å². The number of hydrogen-bond acceptors (Lipinski definition) is 4. The predicted octanol–water partition coefficient (Wildman–Crippen LogP) is 2.48. The van der Waals surface area contributed by atoms with Crippen LogP contribution in [0.25, 0.3) is 11.3 Å². The van der Waals surface area contributed by atoms with E-state index in [0.717, 1.165) is 61.5 Å². The van der Waals surface area contributed by atoms with Gasteiger partial charge in [-0.15, -0.1) is 0 Å². The Labute approximate surface area is 147 Å². The Balaban J connectivity index is 1.40. The van der Waals surface area contributed by atoms with Crippen LogP contribution in [0.2, 0.25) is 0 Å². The summed E-state index contributed by atoms with van der Waals surface area (Å²) in [5.74, 6) is 0.538. The number of hydrogen-bond donors (Lipinski definition) is 3. The highest BCUT2D eigenvalue weighted by Gasteiger charge is 2.19. The fourth-order valence-corrected chi connectivity index (χ4v) is 3.63. The van der Waals surface area contributed by atoms with Gasteiger partial charge in [0.1, 0.15) is 0 Å². The number of amides is 1. The molecular weight excluding hydrogens is 316 g/mol. The molecule has 2 aromatic rings. The Morgan fingerprint density at radius 1 is 1.32 bits per heavy atom. The highest BCUT2D eigenvalue weighted by Crippen LogP contribution is 2.28. The maximum Gasteiger partial charge on any atom is 0.224 e. The molecule has 0 spiro atoms. The van der Waals surface area contributed by atoms with Gasteiger partial charge in [-0.05, 0) is 44.0 Å². The van der Waals surface area contributed by atoms with Crippen LogP contribution in [0.1, 0.15) is 30.5 Å². The van der Waals surface area contributed by atoms with E-state index in [1.807, 2.05) is 24.3 Å². The number of rotatable bonds is 4. The summed E-state index contributed by atoms with van der Waals surface area (Å²) < 4.78 is 5.54. The summed E-state index contributed by atoms with van der Waals surface area (Å²) in [5.41, 5.74) is 5.13. The molecule has 132 valence electrons. The molecule has 0 aliphatic carbocycles. The number of piperidine rings is 1. The summed E-state index contributed by atoms with van der Waals surface area (Å²) in [6, 6.07) is 7.89. The van der Waals surface area contributed by atoms with Gasteiger partial charge in [-0.2, -0.15) is 5.10 Å². The first-order valence-corrected chi connectivity index (χ1v) is 9.04. The Hall–Kier alpha value is -2.18. The van der Waals surface area contributed by atoms with Gasteiger partial charge in [0.2, 0.25) is 5.91 Å². The summed E-state index contributed by atoms with van der Waals surface area (Å²) in [4.78, 5) is 12.2. The molecule has 1 saturated heterocycles. The van der Waals surface area contributed by atoms with Crippen molar-refractivity contribution in [2.24, 2.45) is 5.92 Å². The molecule has 1 unspecified atom stereocenters. The minimum absolute atomic E-state index is 0.0898. The van der Waals surface area contributed by atoms with Crippen molar-refractivity contribution in [3.63, 3.8) is 0 Å². The van der Waals surface area contributed by atoms with Crippen LogP contribution in [-0.2, 0) is 22.6 Å². The van der Waals surface area contributed by atoms with Crippen molar-refractivity contribution in [1.82, 2.24) is 15.5 Å². The molecule has 4 rings (SSSR count). The maximum absolute atomic E-state index is 12.2. The van der Waals surface area contributed by atoms with E-state index < -0.39 is 0 Å². The third-order valence-electron chi connectivity index (χ3n) is 5.01. The Morgan fingerprint density at radius 3 is 3.00 bits per heavy atom. The Kier molecular flexibility index (Phi) is 4.81. The number of nitrogens with zero attached hydrogens (tertiary/aromatic N) is 1. The van der Waals surface area contributed by atoms with Crippen LogP contribution in [0.5, 0.6) is 0 Å². The minimum Gasteiger partial charge on any atom is -0.376 e. The number of H-pyrrole nitrogens is 1. The summed E-state index contributed by atoms with van der Waals surface area (Å²) in [6.45, 7) is 3.37. The van der Waals surface area contributed by atoms with Gasteiger partial charge in [-0.1, -0.05) is 12.1 Å². The number of ether oxygens (including phenoxy) is 1. The number of anilines is 1. The molecule has 1 amide bonds. The zero-order valence-electron chi connectivity index (χ0n) is 14.3. The number of benzene rings is 1. The minimum atomic E-state index is 0.0898. The Bertz CT molecular complexity index is 732. The van der Waals surface area contributed by atoms with E-state index >= 15 is 0 Å². The summed E-state index contributed by atoms with van der Waals surface area (Å²) in [6.07, 6.45) is 3.75. The molecule has 1 aromatic heterocycles. The fourth-order valence-electron chi connectivity index (χ4n) is 3.63. The van der Waals surface area contributed by atoms with Crippen LogP contribution < -0.4 is 10.6 Å². The molecule has 1 fully saturated rings. The largest absolute Gasteiger partial charge is 0.376 e. The van der Waals surface area contributed by atoms with Gasteiger partial charge in [-0.25, -0.2) is 0 Å². The number of aromatic amines is 1. The van der Waals surface area contributed by atoms with Crippen LogP contribution in [0.3, 0.4) is 0 Å². The third kappa shape index (κ3) is 3.75. The molecule has 3 N–H and O–H groups in total. The summed E-state index contributed by atoms with van der Waals surface area (Å²) >= 11 is 0. The van der Waals surface area contributed by atoms with Gasteiger partial charge in [0.25, 0.3) is 0 Å². The molecule has 1 atom stereocenters. The third-order valence-corrected chi connectivity index (χ3v) is 5.01. The first kappa shape index (κ1) is 16.3. The highest BCUT2D eigenvalue weighted by atomic mass is 16.5. The molecule has 1 aromatic carbocycles. The van der Waals surface area contributed by atoms with E-state index in [-0.39, 0.29) is 5.91 Å². The number of fused-ring (bicyclic) bond motifs is 1. The molecule has 0 radical (unpaired) electrons. The molecular formula is C19H24N4O2. The van der Waals surface area contributed by atoms with Crippen molar-refractivity contribution in [2.75, 3.05) is 25.0 Å². The molecule has 25 heavy (non-hydrogen) atoms. The van der Waals surface area contributed by atoms with Crippen molar-refractivity contribution in [3.05, 3.63) is 35.5 Å². The number of nitrogens with one attached hydrogen (secondary N) is 3. The average Bonchev–Trinajstić information content (AvgIpc) is 3.07. The monoisotopic (exact) mass is 340 g/mol. The number of carbonyl (C=O) groups is 1. The van der Waals surface area contributed by atoms with E-state index in [0.29, 0.717) is 18.9 Å². The van der Waals surface area contributed by atoms with Crippen molar-refractivity contribution in [2.45, 2.75) is 32.3 Å². The van der Waals surface area contributed by atoms with Crippen LogP contribution >= 0.6 is 0 Å². The number of carbonyl (C=O) groups excluding carboxylic acids is 1. The molecule has 6 heteroatoms. The standard InChI is InChI=1S/C19H24N4O2/c24-18(10-13-2-1-8-20-11-13)21-15-5-3-14(4-6-15)19-16-12-25-9-7-17(16)22-23-19/h3-6,13,20H,1-2,7-12H2,(H,21,24)(H,22,23). The second-order valence-corrected chi connectivity index (χ2v) is 6.87. The van der Waals surface area contributed by atoms with Crippen molar-refractivity contribution >= 4 is 11.6 Å². The van der Waals surface area contributed by atoms with Gasteiger partial charge in [0, 0.05) is 35.3 Å². The maximum atomic E-state index is 12.2. The van der Waals surface area contributed by atoms with Crippen LogP contribution in [0, 0.1) is 5.92 Å². The average molecular weight is 340 g/mol. The van der Waals surface area contributed by atoms with E-state index in [9.17, 15) is 4.79 Å². The van der Waals surface area contributed by atoms with Crippen LogP contribution in [-0.4, -0.2) is 35.8 Å².